The van der Waals surface area contributed by atoms with E-state index in [9.17, 15) is 4.21 Å². The van der Waals surface area contributed by atoms with Crippen molar-refractivity contribution < 1.29 is 9.05 Å². The Bertz CT molecular complexity index is 100. The molecule has 0 aliphatic carbocycles. The van der Waals surface area contributed by atoms with Gasteiger partial charge in [-0.05, 0) is 6.92 Å². The van der Waals surface area contributed by atoms with Crippen LogP contribution in [0.5, 0.6) is 0 Å². The number of hydrogen-bond donors (Lipinski definition) is 1. The fraction of sp³-hybridized carbons (Fsp3) is 0.750. The van der Waals surface area contributed by atoms with Gasteiger partial charge in [-0.2, -0.15) is 0 Å². The van der Waals surface area contributed by atoms with E-state index in [0.717, 1.165) is 0 Å². The van der Waals surface area contributed by atoms with E-state index in [1.807, 2.05) is 0 Å². The van der Waals surface area contributed by atoms with Crippen LogP contribution in [0.4, 0.5) is 0 Å². The predicted octanol–water partition coefficient (Wildman–Crippen LogP) is -0.459. The second kappa shape index (κ2) is 4.96. The van der Waals surface area contributed by atoms with Gasteiger partial charge in [0.05, 0.1) is 11.3 Å². The molecule has 3 nitrogen and oxygen atoms in total. The van der Waals surface area contributed by atoms with E-state index < -0.39 is 0 Å². The van der Waals surface area contributed by atoms with E-state index in [-0.39, 0.29) is 6.10 Å². The normalized spacial score (nSPS) is 12.8. The molecule has 0 bridgehead atoms. The molecule has 0 heterocycles. The van der Waals surface area contributed by atoms with Gasteiger partial charge < -0.3 is 0 Å². The summed E-state index contributed by atoms with van der Waals surface area (Å²) in [4.78, 5) is 4.76. The third-order valence-corrected chi connectivity index (χ3v) is 1.05. The largest absolute Gasteiger partial charge is 0.294 e. The Morgan fingerprint density at radius 3 is 2.88 bits per heavy atom. The van der Waals surface area contributed by atoms with Gasteiger partial charge in [0.25, 0.3) is 0 Å². The molecule has 0 spiro atoms. The SMILES string of the molecule is CNOC(C)C=S=O. The number of hydroxylamine groups is 1. The first-order valence-electron chi connectivity index (χ1n) is 2.25. The molecule has 0 saturated heterocycles. The first-order chi connectivity index (χ1) is 3.81. The van der Waals surface area contributed by atoms with Crippen molar-refractivity contribution in [3.05, 3.63) is 0 Å². The Hall–Kier alpha value is -0.190. The van der Waals surface area contributed by atoms with Crippen LogP contribution in [0, 0.1) is 0 Å². The van der Waals surface area contributed by atoms with Crippen molar-refractivity contribution in [2.24, 2.45) is 0 Å². The maximum Gasteiger partial charge on any atom is 0.107 e. The summed E-state index contributed by atoms with van der Waals surface area (Å²) in [7, 11) is 1.65. The minimum atomic E-state index is -0.123. The summed E-state index contributed by atoms with van der Waals surface area (Å²) >= 11 is 0.410. The Morgan fingerprint density at radius 1 is 1.88 bits per heavy atom. The third kappa shape index (κ3) is 3.98. The van der Waals surface area contributed by atoms with Crippen LogP contribution in [0.2, 0.25) is 0 Å². The van der Waals surface area contributed by atoms with Crippen LogP contribution in [-0.4, -0.2) is 22.7 Å². The second-order valence-electron chi connectivity index (χ2n) is 1.26. The third-order valence-electron chi connectivity index (χ3n) is 0.551. The van der Waals surface area contributed by atoms with E-state index >= 15 is 0 Å². The van der Waals surface area contributed by atoms with Gasteiger partial charge in [0.1, 0.15) is 6.10 Å². The Kier molecular flexibility index (Phi) is 4.84. The van der Waals surface area contributed by atoms with E-state index in [1.54, 1.807) is 14.0 Å². The highest BCUT2D eigenvalue weighted by Gasteiger charge is 1.91. The molecule has 0 fully saturated rings. The van der Waals surface area contributed by atoms with Crippen molar-refractivity contribution in [3.8, 4) is 0 Å². The topological polar surface area (TPSA) is 38.3 Å². The van der Waals surface area contributed by atoms with Gasteiger partial charge in [0.2, 0.25) is 0 Å². The lowest BCUT2D eigenvalue weighted by molar-refractivity contribution is 0.0393. The Labute approximate surface area is 52.1 Å². The fourth-order valence-electron chi connectivity index (χ4n) is 0.292. The van der Waals surface area contributed by atoms with Crippen LogP contribution in [0.1, 0.15) is 6.92 Å². The van der Waals surface area contributed by atoms with Crippen LogP contribution in [0.15, 0.2) is 0 Å². The van der Waals surface area contributed by atoms with Gasteiger partial charge in [-0.15, -0.1) is 0 Å². The standard InChI is InChI=1S/C4H9NO2S/c1-4(3-8-6)7-5-2/h3-5H,1-2H3. The molecule has 1 N–H and O–H groups in total. The predicted molar refractivity (Wildman–Crippen MR) is 33.8 cm³/mol. The molecule has 0 amide bonds. The summed E-state index contributed by atoms with van der Waals surface area (Å²) in [6, 6.07) is 0. The van der Waals surface area contributed by atoms with Gasteiger partial charge in [-0.3, -0.25) is 4.84 Å². The average molecular weight is 135 g/mol. The van der Waals surface area contributed by atoms with Gasteiger partial charge in [0, 0.05) is 12.4 Å². The summed E-state index contributed by atoms with van der Waals surface area (Å²) < 4.78 is 9.77. The molecular formula is C4H9NO2S. The molecule has 0 radical (unpaired) electrons. The molecule has 0 aliphatic heterocycles. The highest BCUT2D eigenvalue weighted by atomic mass is 32.1. The maximum atomic E-state index is 9.77. The lowest BCUT2D eigenvalue weighted by Gasteiger charge is -2.01. The number of rotatable bonds is 3. The molecule has 0 saturated carbocycles. The van der Waals surface area contributed by atoms with Crippen molar-refractivity contribution in [1.82, 2.24) is 5.48 Å². The highest BCUT2D eigenvalue weighted by molar-refractivity contribution is 7.64. The van der Waals surface area contributed by atoms with Crippen LogP contribution in [0.25, 0.3) is 0 Å². The second-order valence-corrected chi connectivity index (χ2v) is 1.72. The zero-order valence-electron chi connectivity index (χ0n) is 4.88. The van der Waals surface area contributed by atoms with Gasteiger partial charge in [0.15, 0.2) is 0 Å². The molecule has 1 unspecified atom stereocenters. The Morgan fingerprint density at radius 2 is 2.50 bits per heavy atom. The van der Waals surface area contributed by atoms with Crippen LogP contribution in [-0.2, 0) is 16.1 Å². The van der Waals surface area contributed by atoms with E-state index in [0.29, 0.717) is 11.3 Å². The van der Waals surface area contributed by atoms with Crippen LogP contribution < -0.4 is 5.48 Å². The average Bonchev–Trinajstić information content (AvgIpc) is 1.68. The van der Waals surface area contributed by atoms with E-state index in [2.05, 4.69) is 5.48 Å². The minimum Gasteiger partial charge on any atom is -0.294 e. The molecular weight excluding hydrogens is 126 g/mol. The fourth-order valence-corrected chi connectivity index (χ4v) is 0.504. The first-order valence-corrected chi connectivity index (χ1v) is 3.06. The van der Waals surface area contributed by atoms with E-state index in [4.69, 9.17) is 4.84 Å². The van der Waals surface area contributed by atoms with Crippen molar-refractivity contribution in [1.29, 1.82) is 0 Å². The van der Waals surface area contributed by atoms with Gasteiger partial charge in [-0.25, -0.2) is 9.69 Å². The van der Waals surface area contributed by atoms with Gasteiger partial charge in [-0.1, -0.05) is 0 Å². The molecule has 1 atom stereocenters. The van der Waals surface area contributed by atoms with Crippen LogP contribution >= 0.6 is 0 Å². The quantitative estimate of drug-likeness (QED) is 0.420. The molecule has 0 aliphatic rings. The maximum absolute atomic E-state index is 9.77. The smallest absolute Gasteiger partial charge is 0.107 e. The first kappa shape index (κ1) is 7.81. The van der Waals surface area contributed by atoms with E-state index in [1.165, 1.54) is 5.37 Å². The summed E-state index contributed by atoms with van der Waals surface area (Å²) in [5.74, 6) is 0. The molecule has 48 valence electrons. The number of nitrogens with one attached hydrogen (secondary N) is 1. The highest BCUT2D eigenvalue weighted by Crippen LogP contribution is 1.76. The van der Waals surface area contributed by atoms with Crippen molar-refractivity contribution in [2.45, 2.75) is 13.0 Å². The van der Waals surface area contributed by atoms with Gasteiger partial charge >= 0.3 is 0 Å². The van der Waals surface area contributed by atoms with Crippen molar-refractivity contribution in [2.75, 3.05) is 7.05 Å². The lowest BCUT2D eigenvalue weighted by Crippen LogP contribution is -2.18. The number of hydrogen-bond acceptors (Lipinski definition) is 3. The zero-order valence-corrected chi connectivity index (χ0v) is 5.70. The summed E-state index contributed by atoms with van der Waals surface area (Å²) in [6.45, 7) is 1.78. The summed E-state index contributed by atoms with van der Waals surface area (Å²) in [6.07, 6.45) is -0.123. The monoisotopic (exact) mass is 135 g/mol. The van der Waals surface area contributed by atoms with Crippen molar-refractivity contribution >= 4 is 16.6 Å². The molecule has 0 rings (SSSR count). The van der Waals surface area contributed by atoms with Crippen LogP contribution in [0.3, 0.4) is 0 Å². The molecule has 8 heavy (non-hydrogen) atoms. The summed E-state index contributed by atoms with van der Waals surface area (Å²) in [5, 5.41) is 1.45. The Balaban J connectivity index is 3.31. The molecule has 0 aromatic rings. The lowest BCUT2D eigenvalue weighted by atomic mass is 10.5. The summed E-state index contributed by atoms with van der Waals surface area (Å²) in [5.41, 5.74) is 2.47. The van der Waals surface area contributed by atoms with Crippen molar-refractivity contribution in [3.63, 3.8) is 0 Å². The molecule has 0 aromatic carbocycles. The molecule has 0 aromatic heterocycles. The minimum absolute atomic E-state index is 0.123. The molecule has 4 heteroatoms. The zero-order chi connectivity index (χ0) is 6.41.